The molecule has 7 heteroatoms. The van der Waals surface area contributed by atoms with Gasteiger partial charge in [0, 0.05) is 12.6 Å². The summed E-state index contributed by atoms with van der Waals surface area (Å²) in [5.74, 6) is 0.104. The number of hydrogen-bond acceptors (Lipinski definition) is 3. The Labute approximate surface area is 194 Å². The normalized spacial score (nSPS) is 12.7. The Morgan fingerprint density at radius 2 is 1.74 bits per heavy atom. The molecule has 0 spiro atoms. The number of benzene rings is 2. The van der Waals surface area contributed by atoms with Gasteiger partial charge in [0.25, 0.3) is 5.91 Å². The minimum Gasteiger partial charge on any atom is -0.484 e. The average molecular weight is 465 g/mol. The highest BCUT2D eigenvalue weighted by atomic mass is 35.5. The first-order valence-corrected chi connectivity index (χ1v) is 11.1. The zero-order valence-electron chi connectivity index (χ0n) is 18.7. The second-order valence-corrected chi connectivity index (χ2v) is 8.61. The van der Waals surface area contributed by atoms with Crippen molar-refractivity contribution < 1.29 is 14.3 Å². The van der Waals surface area contributed by atoms with E-state index < -0.39 is 6.04 Å². The molecule has 0 aromatic heterocycles. The van der Waals surface area contributed by atoms with Crippen LogP contribution in [0.15, 0.2) is 36.4 Å². The van der Waals surface area contributed by atoms with Crippen molar-refractivity contribution in [2.24, 2.45) is 0 Å². The topological polar surface area (TPSA) is 58.6 Å². The van der Waals surface area contributed by atoms with Gasteiger partial charge < -0.3 is 15.0 Å². The summed E-state index contributed by atoms with van der Waals surface area (Å²) < 4.78 is 5.73. The minimum absolute atomic E-state index is 0.0173. The van der Waals surface area contributed by atoms with Gasteiger partial charge >= 0.3 is 0 Å². The first kappa shape index (κ1) is 25.0. The summed E-state index contributed by atoms with van der Waals surface area (Å²) in [6.07, 6.45) is 0.801. The van der Waals surface area contributed by atoms with Crippen LogP contribution in [0.2, 0.25) is 10.0 Å². The van der Waals surface area contributed by atoms with Crippen LogP contribution in [0.4, 0.5) is 0 Å². The number of rotatable bonds is 9. The van der Waals surface area contributed by atoms with Gasteiger partial charge in [-0.2, -0.15) is 0 Å². The number of carbonyl (C=O) groups is 2. The van der Waals surface area contributed by atoms with Crippen LogP contribution in [0.25, 0.3) is 0 Å². The summed E-state index contributed by atoms with van der Waals surface area (Å²) >= 11 is 12.1. The van der Waals surface area contributed by atoms with Crippen LogP contribution in [0, 0.1) is 13.8 Å². The van der Waals surface area contributed by atoms with E-state index in [1.165, 1.54) is 4.90 Å². The van der Waals surface area contributed by atoms with Crippen LogP contribution in [0.1, 0.15) is 43.9 Å². The van der Waals surface area contributed by atoms with Gasteiger partial charge in [0.1, 0.15) is 11.8 Å². The molecule has 2 aromatic carbocycles. The van der Waals surface area contributed by atoms with Crippen molar-refractivity contribution in [1.29, 1.82) is 0 Å². The summed E-state index contributed by atoms with van der Waals surface area (Å²) in [5.41, 5.74) is 3.01. The maximum absolute atomic E-state index is 13.1. The maximum atomic E-state index is 13.1. The number of aryl methyl sites for hydroxylation is 2. The molecule has 0 unspecified atom stereocenters. The molecule has 0 aliphatic heterocycles. The monoisotopic (exact) mass is 464 g/mol. The van der Waals surface area contributed by atoms with Crippen LogP contribution in [0.3, 0.4) is 0 Å². The summed E-state index contributed by atoms with van der Waals surface area (Å²) in [5, 5.41) is 3.77. The fourth-order valence-electron chi connectivity index (χ4n) is 2.91. The largest absolute Gasteiger partial charge is 0.484 e. The molecule has 0 radical (unpaired) electrons. The van der Waals surface area contributed by atoms with Crippen LogP contribution >= 0.6 is 23.2 Å². The number of nitrogens with zero attached hydrogens (tertiary/aromatic N) is 1. The van der Waals surface area contributed by atoms with Crippen molar-refractivity contribution in [3.8, 4) is 5.75 Å². The molecule has 2 aromatic rings. The van der Waals surface area contributed by atoms with E-state index in [-0.39, 0.29) is 31.0 Å². The molecule has 2 atom stereocenters. The summed E-state index contributed by atoms with van der Waals surface area (Å²) in [6, 6.07) is 10.2. The SMILES string of the molecule is CC[C@H](C)NC(=O)[C@H](C)N(Cc1ccc(Cl)c(Cl)c1)C(=O)COc1ccc(C)c(C)c1. The van der Waals surface area contributed by atoms with E-state index in [9.17, 15) is 9.59 Å². The van der Waals surface area contributed by atoms with Crippen molar-refractivity contribution in [2.75, 3.05) is 6.61 Å². The molecular weight excluding hydrogens is 435 g/mol. The lowest BCUT2D eigenvalue weighted by Crippen LogP contribution is -2.50. The molecule has 2 amide bonds. The number of amides is 2. The van der Waals surface area contributed by atoms with Crippen molar-refractivity contribution >= 4 is 35.0 Å². The molecule has 0 saturated heterocycles. The lowest BCUT2D eigenvalue weighted by molar-refractivity contribution is -0.142. The molecule has 0 aliphatic rings. The van der Waals surface area contributed by atoms with Gasteiger partial charge in [-0.25, -0.2) is 0 Å². The van der Waals surface area contributed by atoms with Gasteiger partial charge in [-0.1, -0.05) is 42.3 Å². The van der Waals surface area contributed by atoms with E-state index in [1.54, 1.807) is 25.1 Å². The van der Waals surface area contributed by atoms with Crippen LogP contribution in [-0.2, 0) is 16.1 Å². The van der Waals surface area contributed by atoms with Gasteiger partial charge in [-0.05, 0) is 75.1 Å². The van der Waals surface area contributed by atoms with Crippen molar-refractivity contribution in [3.63, 3.8) is 0 Å². The Hall–Kier alpha value is -2.24. The third-order valence-electron chi connectivity index (χ3n) is 5.35. The molecule has 5 nitrogen and oxygen atoms in total. The average Bonchev–Trinajstić information content (AvgIpc) is 2.74. The second kappa shape index (κ2) is 11.4. The maximum Gasteiger partial charge on any atom is 0.261 e. The van der Waals surface area contributed by atoms with Gasteiger partial charge in [-0.3, -0.25) is 9.59 Å². The number of nitrogens with one attached hydrogen (secondary N) is 1. The standard InChI is InChI=1S/C24H30Cl2N2O3/c1-6-17(4)27-24(30)18(5)28(13-19-8-10-21(25)22(26)12-19)23(29)14-31-20-9-7-15(2)16(3)11-20/h7-12,17-18H,6,13-14H2,1-5H3,(H,27,30)/t17-,18-/m0/s1. The lowest BCUT2D eigenvalue weighted by atomic mass is 10.1. The number of halogens is 2. The Morgan fingerprint density at radius 1 is 1.03 bits per heavy atom. The fraction of sp³-hybridized carbons (Fsp3) is 0.417. The number of hydrogen-bond donors (Lipinski definition) is 1. The highest BCUT2D eigenvalue weighted by Crippen LogP contribution is 2.24. The first-order valence-electron chi connectivity index (χ1n) is 10.4. The van der Waals surface area contributed by atoms with E-state index >= 15 is 0 Å². The quantitative estimate of drug-likeness (QED) is 0.545. The van der Waals surface area contributed by atoms with Crippen LogP contribution < -0.4 is 10.1 Å². The minimum atomic E-state index is -0.681. The second-order valence-electron chi connectivity index (χ2n) is 7.80. The molecule has 1 N–H and O–H groups in total. The molecule has 168 valence electrons. The Morgan fingerprint density at radius 3 is 2.35 bits per heavy atom. The van der Waals surface area contributed by atoms with Gasteiger partial charge in [0.2, 0.25) is 5.91 Å². The van der Waals surface area contributed by atoms with E-state index in [4.69, 9.17) is 27.9 Å². The molecule has 0 aliphatic carbocycles. The molecule has 0 heterocycles. The van der Waals surface area contributed by atoms with Crippen LogP contribution in [-0.4, -0.2) is 35.4 Å². The van der Waals surface area contributed by atoms with E-state index in [2.05, 4.69) is 5.32 Å². The number of carbonyl (C=O) groups excluding carboxylic acids is 2. The van der Waals surface area contributed by atoms with E-state index in [0.29, 0.717) is 15.8 Å². The molecule has 2 rings (SSSR count). The van der Waals surface area contributed by atoms with E-state index in [1.807, 2.05) is 45.9 Å². The Balaban J connectivity index is 2.19. The fourth-order valence-corrected chi connectivity index (χ4v) is 3.24. The van der Waals surface area contributed by atoms with Crippen molar-refractivity contribution in [1.82, 2.24) is 10.2 Å². The van der Waals surface area contributed by atoms with Gasteiger partial charge in [-0.15, -0.1) is 0 Å². The third kappa shape index (κ3) is 7.15. The summed E-state index contributed by atoms with van der Waals surface area (Å²) in [7, 11) is 0. The van der Waals surface area contributed by atoms with Crippen molar-refractivity contribution in [3.05, 3.63) is 63.1 Å². The smallest absolute Gasteiger partial charge is 0.261 e. The van der Waals surface area contributed by atoms with Crippen LogP contribution in [0.5, 0.6) is 5.75 Å². The zero-order valence-corrected chi connectivity index (χ0v) is 20.2. The zero-order chi connectivity index (χ0) is 23.1. The van der Waals surface area contributed by atoms with E-state index in [0.717, 1.165) is 23.1 Å². The predicted molar refractivity (Wildman–Crippen MR) is 126 cm³/mol. The highest BCUT2D eigenvalue weighted by Gasteiger charge is 2.27. The summed E-state index contributed by atoms with van der Waals surface area (Å²) in [4.78, 5) is 27.3. The molecule has 0 fully saturated rings. The third-order valence-corrected chi connectivity index (χ3v) is 6.08. The summed E-state index contributed by atoms with van der Waals surface area (Å²) in [6.45, 7) is 9.67. The Kier molecular flexibility index (Phi) is 9.20. The molecular formula is C24H30Cl2N2O3. The lowest BCUT2D eigenvalue weighted by Gasteiger charge is -2.29. The number of ether oxygens (including phenoxy) is 1. The predicted octanol–water partition coefficient (Wildman–Crippen LogP) is 5.32. The highest BCUT2D eigenvalue weighted by molar-refractivity contribution is 6.42. The van der Waals surface area contributed by atoms with Gasteiger partial charge in [0.05, 0.1) is 10.0 Å². The molecule has 31 heavy (non-hydrogen) atoms. The first-order chi connectivity index (χ1) is 14.6. The Bertz CT molecular complexity index is 933. The van der Waals surface area contributed by atoms with Crippen molar-refractivity contribution in [2.45, 2.75) is 59.7 Å². The van der Waals surface area contributed by atoms with Gasteiger partial charge in [0.15, 0.2) is 6.61 Å². The molecule has 0 saturated carbocycles. The molecule has 0 bridgehead atoms.